The van der Waals surface area contributed by atoms with Crippen LogP contribution in [0.3, 0.4) is 0 Å². The normalized spacial score (nSPS) is 24.0. The molecule has 218 valence electrons. The molecule has 2 aliphatic rings. The van der Waals surface area contributed by atoms with Crippen LogP contribution in [0.5, 0.6) is 0 Å². The molecule has 0 bridgehead atoms. The number of benzene rings is 2. The smallest absolute Gasteiger partial charge is 0.304 e. The number of nitrogens with zero attached hydrogens (tertiary/aromatic N) is 2. The number of piperidine rings is 1. The summed E-state index contributed by atoms with van der Waals surface area (Å²) in [5, 5.41) is 12.7. The number of amides is 1. The van der Waals surface area contributed by atoms with E-state index in [1.54, 1.807) is 54.6 Å². The van der Waals surface area contributed by atoms with Gasteiger partial charge >= 0.3 is 5.97 Å². The first-order valence-electron chi connectivity index (χ1n) is 13.5. The number of hydrogen-bond acceptors (Lipinski definition) is 5. The Morgan fingerprint density at radius 1 is 1.10 bits per heavy atom. The molecule has 4 unspecified atom stereocenters. The lowest BCUT2D eigenvalue weighted by Crippen LogP contribution is -2.59. The molecule has 1 aliphatic heterocycles. The van der Waals surface area contributed by atoms with Crippen LogP contribution in [0.25, 0.3) is 0 Å². The van der Waals surface area contributed by atoms with Crippen molar-refractivity contribution in [1.29, 1.82) is 0 Å². The number of carboxylic acids is 1. The van der Waals surface area contributed by atoms with Gasteiger partial charge in [0.1, 0.15) is 4.21 Å². The highest BCUT2D eigenvalue weighted by Crippen LogP contribution is 2.54. The van der Waals surface area contributed by atoms with Gasteiger partial charge in [-0.15, -0.1) is 11.3 Å². The van der Waals surface area contributed by atoms with Crippen LogP contribution >= 0.6 is 34.5 Å². The summed E-state index contributed by atoms with van der Waals surface area (Å²) >= 11 is 13.8. The average Bonchev–Trinajstić information content (AvgIpc) is 3.60. The molecule has 0 radical (unpaired) electrons. The molecule has 2 heterocycles. The second kappa shape index (κ2) is 11.7. The Morgan fingerprint density at radius 3 is 2.39 bits per heavy atom. The third-order valence-electron chi connectivity index (χ3n) is 8.26. The first-order valence-corrected chi connectivity index (χ1v) is 16.5. The molecule has 2 aromatic carbocycles. The van der Waals surface area contributed by atoms with Crippen molar-refractivity contribution in [2.75, 3.05) is 13.6 Å². The standard InChI is InChI=1S/C30H32Cl2N2O5S2/c1-30(17-26(35)36)16-24(21-5-3-6-23(32)15-21)28(20-10-12-22(31)13-11-20)34(29(30)37)25(19-8-9-19)18-33(2)41(38,39)27-7-4-14-40-27/h3-7,10-15,19,24-25,28H,8-9,16-18H2,1-2H3,(H,35,36). The molecule has 1 amide bonds. The van der Waals surface area contributed by atoms with Gasteiger partial charge in [0.25, 0.3) is 10.0 Å². The second-order valence-electron chi connectivity index (χ2n) is 11.3. The Balaban J connectivity index is 1.65. The molecule has 1 N–H and O–H groups in total. The maximum Gasteiger partial charge on any atom is 0.304 e. The van der Waals surface area contributed by atoms with Gasteiger partial charge in [0.05, 0.1) is 17.9 Å². The van der Waals surface area contributed by atoms with Gasteiger partial charge in [-0.25, -0.2) is 8.42 Å². The Kier molecular flexibility index (Phi) is 8.56. The third kappa shape index (κ3) is 6.20. The highest BCUT2D eigenvalue weighted by molar-refractivity contribution is 7.91. The molecule has 7 nitrogen and oxygen atoms in total. The Labute approximate surface area is 254 Å². The van der Waals surface area contributed by atoms with E-state index >= 15 is 0 Å². The number of carbonyl (C=O) groups excluding carboxylic acids is 1. The lowest BCUT2D eigenvalue weighted by atomic mass is 9.67. The average molecular weight is 636 g/mol. The molecule has 2 fully saturated rings. The summed E-state index contributed by atoms with van der Waals surface area (Å²) in [4.78, 5) is 28.4. The van der Waals surface area contributed by atoms with E-state index in [4.69, 9.17) is 23.2 Å². The van der Waals surface area contributed by atoms with Crippen molar-refractivity contribution in [2.45, 2.75) is 54.8 Å². The number of rotatable bonds is 10. The van der Waals surface area contributed by atoms with Crippen LogP contribution in [0.15, 0.2) is 70.3 Å². The van der Waals surface area contributed by atoms with Crippen molar-refractivity contribution in [3.05, 3.63) is 87.2 Å². The van der Waals surface area contributed by atoms with E-state index in [1.807, 2.05) is 30.3 Å². The van der Waals surface area contributed by atoms with Gasteiger partial charge in [0.15, 0.2) is 0 Å². The molecule has 1 aromatic heterocycles. The molecule has 1 saturated carbocycles. The fraction of sp³-hybridized carbons (Fsp3) is 0.400. The van der Waals surface area contributed by atoms with Gasteiger partial charge in [-0.2, -0.15) is 4.31 Å². The van der Waals surface area contributed by atoms with E-state index in [9.17, 15) is 23.1 Å². The minimum atomic E-state index is -3.77. The predicted molar refractivity (Wildman–Crippen MR) is 161 cm³/mol. The molecule has 11 heteroatoms. The van der Waals surface area contributed by atoms with Gasteiger partial charge in [0, 0.05) is 35.6 Å². The minimum Gasteiger partial charge on any atom is -0.481 e. The topological polar surface area (TPSA) is 95.0 Å². The van der Waals surface area contributed by atoms with Crippen molar-refractivity contribution in [3.8, 4) is 0 Å². The molecule has 5 rings (SSSR count). The van der Waals surface area contributed by atoms with Gasteiger partial charge in [-0.05, 0) is 72.0 Å². The fourth-order valence-corrected chi connectivity index (χ4v) is 8.83. The molecule has 3 aromatic rings. The fourth-order valence-electron chi connectivity index (χ4n) is 6.12. The number of sulfonamides is 1. The maximum atomic E-state index is 14.6. The third-order valence-corrected chi connectivity index (χ3v) is 11.9. The van der Waals surface area contributed by atoms with E-state index in [2.05, 4.69) is 0 Å². The zero-order valence-corrected chi connectivity index (χ0v) is 25.9. The highest BCUT2D eigenvalue weighted by Gasteiger charge is 2.55. The van der Waals surface area contributed by atoms with Crippen molar-refractivity contribution in [1.82, 2.24) is 9.21 Å². The van der Waals surface area contributed by atoms with Crippen LogP contribution in [-0.2, 0) is 19.6 Å². The number of aliphatic carboxylic acids is 1. The van der Waals surface area contributed by atoms with E-state index in [0.29, 0.717) is 16.5 Å². The number of halogens is 2. The number of thiophene rings is 1. The van der Waals surface area contributed by atoms with Gasteiger partial charge in [0.2, 0.25) is 5.91 Å². The highest BCUT2D eigenvalue weighted by atomic mass is 35.5. The first-order chi connectivity index (χ1) is 19.4. The Hall–Kier alpha value is -2.43. The molecule has 41 heavy (non-hydrogen) atoms. The monoisotopic (exact) mass is 634 g/mol. The van der Waals surface area contributed by atoms with Crippen molar-refractivity contribution in [3.63, 3.8) is 0 Å². The maximum absolute atomic E-state index is 14.6. The summed E-state index contributed by atoms with van der Waals surface area (Å²) in [5.41, 5.74) is 0.528. The van der Waals surface area contributed by atoms with Gasteiger partial charge in [-0.1, -0.05) is 60.5 Å². The summed E-state index contributed by atoms with van der Waals surface area (Å²) in [6.45, 7) is 1.80. The zero-order valence-electron chi connectivity index (χ0n) is 22.7. The Bertz CT molecular complexity index is 1530. The molecular formula is C30H32Cl2N2O5S2. The van der Waals surface area contributed by atoms with Crippen LogP contribution < -0.4 is 0 Å². The number of hydrogen-bond donors (Lipinski definition) is 1. The predicted octanol–water partition coefficient (Wildman–Crippen LogP) is 6.69. The zero-order chi connectivity index (χ0) is 29.5. The van der Waals surface area contributed by atoms with Crippen molar-refractivity contribution >= 4 is 56.4 Å². The number of likely N-dealkylation sites (tertiary alicyclic amines) is 1. The number of carboxylic acid groups (broad SMARTS) is 1. The van der Waals surface area contributed by atoms with E-state index in [0.717, 1.165) is 35.3 Å². The lowest BCUT2D eigenvalue weighted by Gasteiger charge is -2.52. The number of carbonyl (C=O) groups is 2. The second-order valence-corrected chi connectivity index (χ2v) is 15.4. The lowest BCUT2D eigenvalue weighted by molar-refractivity contribution is -0.161. The van der Waals surface area contributed by atoms with Crippen LogP contribution in [0.2, 0.25) is 10.0 Å². The molecular weight excluding hydrogens is 603 g/mol. The summed E-state index contributed by atoms with van der Waals surface area (Å²) in [5.74, 6) is -1.55. The van der Waals surface area contributed by atoms with Gasteiger partial charge < -0.3 is 10.0 Å². The van der Waals surface area contributed by atoms with Crippen molar-refractivity contribution in [2.24, 2.45) is 11.3 Å². The van der Waals surface area contributed by atoms with E-state index in [1.165, 1.54) is 4.31 Å². The minimum absolute atomic E-state index is 0.0851. The first kappa shape index (κ1) is 30.0. The molecule has 4 atom stereocenters. The van der Waals surface area contributed by atoms with E-state index < -0.39 is 33.5 Å². The summed E-state index contributed by atoms with van der Waals surface area (Å²) < 4.78 is 28.5. The van der Waals surface area contributed by atoms with Crippen LogP contribution in [0.4, 0.5) is 0 Å². The molecule has 0 spiro atoms. The molecule has 1 aliphatic carbocycles. The summed E-state index contributed by atoms with van der Waals surface area (Å²) in [6, 6.07) is 17.1. The summed E-state index contributed by atoms with van der Waals surface area (Å²) in [6.07, 6.45) is 1.66. The van der Waals surface area contributed by atoms with Crippen molar-refractivity contribution < 1.29 is 23.1 Å². The largest absolute Gasteiger partial charge is 0.481 e. The number of likely N-dealkylation sites (N-methyl/N-ethyl adjacent to an activating group) is 1. The van der Waals surface area contributed by atoms with Crippen LogP contribution in [0.1, 0.15) is 55.7 Å². The Morgan fingerprint density at radius 2 is 1.80 bits per heavy atom. The SMILES string of the molecule is CN(CC(C1CC1)N1C(=O)C(C)(CC(=O)O)CC(c2cccc(Cl)c2)C1c1ccc(Cl)cc1)S(=O)(=O)c1cccs1. The van der Waals surface area contributed by atoms with Gasteiger partial charge in [-0.3, -0.25) is 9.59 Å². The quantitative estimate of drug-likeness (QED) is 0.268. The van der Waals surface area contributed by atoms with Crippen LogP contribution in [-0.4, -0.2) is 54.2 Å². The summed E-state index contributed by atoms with van der Waals surface area (Å²) in [7, 11) is -2.23. The van der Waals surface area contributed by atoms with E-state index in [-0.39, 0.29) is 34.9 Å². The van der Waals surface area contributed by atoms with Crippen LogP contribution in [0, 0.1) is 11.3 Å². The molecule has 1 saturated heterocycles.